The van der Waals surface area contributed by atoms with Crippen LogP contribution in [0.1, 0.15) is 51.9 Å². The van der Waals surface area contributed by atoms with Gasteiger partial charge in [-0.2, -0.15) is 5.10 Å². The van der Waals surface area contributed by atoms with Gasteiger partial charge in [0.15, 0.2) is 0 Å². The maximum atomic E-state index is 4.32. The minimum atomic E-state index is 0.406. The van der Waals surface area contributed by atoms with Crippen molar-refractivity contribution in [3.63, 3.8) is 0 Å². The zero-order valence-corrected chi connectivity index (χ0v) is 10.9. The molecule has 0 saturated carbocycles. The van der Waals surface area contributed by atoms with Gasteiger partial charge in [0.05, 0.1) is 0 Å². The molecule has 92 valence electrons. The van der Waals surface area contributed by atoms with Crippen LogP contribution in [-0.2, 0) is 6.42 Å². The summed E-state index contributed by atoms with van der Waals surface area (Å²) in [7, 11) is 2.03. The average molecular weight is 224 g/mol. The van der Waals surface area contributed by atoms with Gasteiger partial charge in [0, 0.05) is 18.5 Å². The van der Waals surface area contributed by atoms with Crippen LogP contribution in [0.3, 0.4) is 0 Å². The highest BCUT2D eigenvalue weighted by molar-refractivity contribution is 4.86. The number of nitrogens with zero attached hydrogens (tertiary/aromatic N) is 3. The molecule has 16 heavy (non-hydrogen) atoms. The molecular formula is C12H24N4. The second kappa shape index (κ2) is 6.63. The molecule has 1 N–H and O–H groups in total. The molecular weight excluding hydrogens is 200 g/mol. The summed E-state index contributed by atoms with van der Waals surface area (Å²) in [5.74, 6) is 1.11. The minimum absolute atomic E-state index is 0.406. The molecule has 1 heterocycles. The Kier molecular flexibility index (Phi) is 5.46. The Balaban J connectivity index is 2.39. The van der Waals surface area contributed by atoms with Crippen LogP contribution < -0.4 is 5.32 Å². The van der Waals surface area contributed by atoms with Crippen molar-refractivity contribution in [2.45, 2.75) is 58.5 Å². The molecule has 0 amide bonds. The molecule has 0 fully saturated rings. The summed E-state index contributed by atoms with van der Waals surface area (Å²) in [6.45, 7) is 6.50. The van der Waals surface area contributed by atoms with E-state index >= 15 is 0 Å². The Morgan fingerprint density at radius 3 is 2.75 bits per heavy atom. The zero-order chi connectivity index (χ0) is 12.0. The zero-order valence-electron chi connectivity index (χ0n) is 10.9. The fourth-order valence-electron chi connectivity index (χ4n) is 1.94. The normalized spacial score (nSPS) is 13.3. The van der Waals surface area contributed by atoms with Crippen LogP contribution in [0.4, 0.5) is 0 Å². The third kappa shape index (κ3) is 3.59. The maximum absolute atomic E-state index is 4.32. The van der Waals surface area contributed by atoms with Gasteiger partial charge in [-0.25, -0.2) is 9.67 Å². The Morgan fingerprint density at radius 2 is 2.19 bits per heavy atom. The first-order valence-corrected chi connectivity index (χ1v) is 6.24. The fourth-order valence-corrected chi connectivity index (χ4v) is 1.94. The van der Waals surface area contributed by atoms with E-state index < -0.39 is 0 Å². The van der Waals surface area contributed by atoms with Gasteiger partial charge in [0.1, 0.15) is 12.2 Å². The van der Waals surface area contributed by atoms with Gasteiger partial charge in [-0.3, -0.25) is 0 Å². The third-order valence-electron chi connectivity index (χ3n) is 2.99. The number of nitrogens with one attached hydrogen (secondary N) is 1. The van der Waals surface area contributed by atoms with E-state index in [-0.39, 0.29) is 0 Å². The highest BCUT2D eigenvalue weighted by atomic mass is 15.3. The average Bonchev–Trinajstić information content (AvgIpc) is 2.72. The van der Waals surface area contributed by atoms with Crippen LogP contribution in [0.5, 0.6) is 0 Å². The molecule has 1 unspecified atom stereocenters. The Hall–Kier alpha value is -0.900. The van der Waals surface area contributed by atoms with Gasteiger partial charge < -0.3 is 5.32 Å². The SMILES string of the molecule is CCC(CCCc1ncnn1C(C)C)NC. The molecule has 1 rings (SSSR count). The molecule has 4 heteroatoms. The van der Waals surface area contributed by atoms with E-state index in [9.17, 15) is 0 Å². The predicted molar refractivity (Wildman–Crippen MR) is 66.5 cm³/mol. The minimum Gasteiger partial charge on any atom is -0.317 e. The summed E-state index contributed by atoms with van der Waals surface area (Å²) in [5.41, 5.74) is 0. The van der Waals surface area contributed by atoms with Crippen LogP contribution in [-0.4, -0.2) is 27.9 Å². The molecule has 1 aromatic rings. The molecule has 0 radical (unpaired) electrons. The van der Waals surface area contributed by atoms with Crippen LogP contribution in [0, 0.1) is 0 Å². The number of aromatic nitrogens is 3. The Morgan fingerprint density at radius 1 is 1.44 bits per heavy atom. The van der Waals surface area contributed by atoms with Gasteiger partial charge in [0.25, 0.3) is 0 Å². The number of rotatable bonds is 7. The van der Waals surface area contributed by atoms with E-state index in [4.69, 9.17) is 0 Å². The third-order valence-corrected chi connectivity index (χ3v) is 2.99. The predicted octanol–water partition coefficient (Wildman–Crippen LogP) is 2.18. The van der Waals surface area contributed by atoms with E-state index in [1.165, 1.54) is 19.3 Å². The second-order valence-corrected chi connectivity index (χ2v) is 4.50. The lowest BCUT2D eigenvalue weighted by Gasteiger charge is -2.13. The molecule has 0 aliphatic carbocycles. The lowest BCUT2D eigenvalue weighted by molar-refractivity contribution is 0.467. The topological polar surface area (TPSA) is 42.7 Å². The van der Waals surface area contributed by atoms with Gasteiger partial charge in [-0.05, 0) is 40.2 Å². The number of hydrogen-bond donors (Lipinski definition) is 1. The van der Waals surface area contributed by atoms with E-state index in [0.29, 0.717) is 12.1 Å². The van der Waals surface area contributed by atoms with Gasteiger partial charge in [-0.1, -0.05) is 6.92 Å². The maximum Gasteiger partial charge on any atom is 0.138 e. The van der Waals surface area contributed by atoms with E-state index in [0.717, 1.165) is 12.2 Å². The highest BCUT2D eigenvalue weighted by Gasteiger charge is 2.08. The first-order chi connectivity index (χ1) is 7.69. The first-order valence-electron chi connectivity index (χ1n) is 6.24. The summed E-state index contributed by atoms with van der Waals surface area (Å²) in [5, 5.41) is 7.57. The smallest absolute Gasteiger partial charge is 0.138 e. The molecule has 0 aliphatic rings. The quantitative estimate of drug-likeness (QED) is 0.772. The van der Waals surface area contributed by atoms with Crippen molar-refractivity contribution in [1.29, 1.82) is 0 Å². The van der Waals surface area contributed by atoms with Crippen LogP contribution in [0.2, 0.25) is 0 Å². The molecule has 0 bridgehead atoms. The summed E-state index contributed by atoms with van der Waals surface area (Å²) >= 11 is 0. The van der Waals surface area contributed by atoms with Crippen molar-refractivity contribution in [3.8, 4) is 0 Å². The highest BCUT2D eigenvalue weighted by Crippen LogP contribution is 2.10. The summed E-state index contributed by atoms with van der Waals surface area (Å²) in [4.78, 5) is 4.32. The molecule has 4 nitrogen and oxygen atoms in total. The van der Waals surface area contributed by atoms with Gasteiger partial charge >= 0.3 is 0 Å². The molecule has 1 aromatic heterocycles. The van der Waals surface area contributed by atoms with Crippen molar-refractivity contribution < 1.29 is 0 Å². The molecule has 0 aliphatic heterocycles. The van der Waals surface area contributed by atoms with Gasteiger partial charge in [-0.15, -0.1) is 0 Å². The van der Waals surface area contributed by atoms with Crippen LogP contribution >= 0.6 is 0 Å². The van der Waals surface area contributed by atoms with Gasteiger partial charge in [0.2, 0.25) is 0 Å². The standard InChI is InChI=1S/C12H24N4/c1-5-11(13-4)7-6-8-12-14-9-15-16(12)10(2)3/h9-11,13H,5-8H2,1-4H3. The molecule has 0 saturated heterocycles. The van der Waals surface area contributed by atoms with E-state index in [1.54, 1.807) is 6.33 Å². The largest absolute Gasteiger partial charge is 0.317 e. The van der Waals surface area contributed by atoms with Crippen LogP contribution in [0.25, 0.3) is 0 Å². The Labute approximate surface area is 98.5 Å². The van der Waals surface area contributed by atoms with Crippen molar-refractivity contribution >= 4 is 0 Å². The number of hydrogen-bond acceptors (Lipinski definition) is 3. The summed E-state index contributed by atoms with van der Waals surface area (Å²) in [6, 6.07) is 1.04. The molecule has 0 spiro atoms. The molecule has 0 aromatic carbocycles. The fraction of sp³-hybridized carbons (Fsp3) is 0.833. The van der Waals surface area contributed by atoms with Crippen molar-refractivity contribution in [2.75, 3.05) is 7.05 Å². The lowest BCUT2D eigenvalue weighted by Crippen LogP contribution is -2.24. The number of aryl methyl sites for hydroxylation is 1. The van der Waals surface area contributed by atoms with Crippen molar-refractivity contribution in [3.05, 3.63) is 12.2 Å². The molecule has 1 atom stereocenters. The lowest BCUT2D eigenvalue weighted by atomic mass is 10.1. The monoisotopic (exact) mass is 224 g/mol. The first kappa shape index (κ1) is 13.2. The second-order valence-electron chi connectivity index (χ2n) is 4.50. The van der Waals surface area contributed by atoms with E-state index in [2.05, 4.69) is 36.2 Å². The van der Waals surface area contributed by atoms with E-state index in [1.807, 2.05) is 11.7 Å². The van der Waals surface area contributed by atoms with Crippen LogP contribution in [0.15, 0.2) is 6.33 Å². The van der Waals surface area contributed by atoms with Crippen molar-refractivity contribution in [1.82, 2.24) is 20.1 Å². The van der Waals surface area contributed by atoms with Crippen molar-refractivity contribution in [2.24, 2.45) is 0 Å². The Bertz CT molecular complexity index is 289. The summed E-state index contributed by atoms with van der Waals surface area (Å²) < 4.78 is 2.01. The summed E-state index contributed by atoms with van der Waals surface area (Å²) in [6.07, 6.45) is 6.25.